The summed E-state index contributed by atoms with van der Waals surface area (Å²) in [7, 11) is 1.68. The first-order chi connectivity index (χ1) is 10.3. The van der Waals surface area contributed by atoms with Crippen LogP contribution in [0.3, 0.4) is 0 Å². The third-order valence-corrected chi connectivity index (χ3v) is 4.62. The van der Waals surface area contributed by atoms with Crippen molar-refractivity contribution < 1.29 is 9.47 Å². The average molecular weight is 286 g/mol. The van der Waals surface area contributed by atoms with Gasteiger partial charge in [-0.3, -0.25) is 5.32 Å². The average Bonchev–Trinajstić information content (AvgIpc) is 3.05. The van der Waals surface area contributed by atoms with Gasteiger partial charge in [0.25, 0.3) is 0 Å². The van der Waals surface area contributed by atoms with Gasteiger partial charge in [0.2, 0.25) is 0 Å². The number of hydrogen-bond acceptors (Lipinski definition) is 4. The molecule has 3 rings (SSSR count). The summed E-state index contributed by atoms with van der Waals surface area (Å²) in [6.07, 6.45) is 5.35. The molecule has 21 heavy (non-hydrogen) atoms. The monoisotopic (exact) mass is 286 g/mol. The van der Waals surface area contributed by atoms with Crippen LogP contribution in [0.1, 0.15) is 36.8 Å². The number of ether oxygens (including phenoxy) is 2. The maximum absolute atomic E-state index is 9.80. The second-order valence-corrected chi connectivity index (χ2v) is 5.91. The number of nitrogens with zero attached hydrogens (tertiary/aromatic N) is 1. The van der Waals surface area contributed by atoms with E-state index in [4.69, 9.17) is 9.47 Å². The molecule has 0 spiro atoms. The van der Waals surface area contributed by atoms with Crippen molar-refractivity contribution >= 4 is 0 Å². The number of fused-ring (bicyclic) bond motifs is 1. The van der Waals surface area contributed by atoms with Crippen molar-refractivity contribution in [2.75, 3.05) is 20.3 Å². The Morgan fingerprint density at radius 3 is 3.10 bits per heavy atom. The first-order valence-electron chi connectivity index (χ1n) is 7.73. The SMILES string of the molecule is COc1ccc2c(c1)CCCC2(C#N)NCC1CCCO1. The van der Waals surface area contributed by atoms with Gasteiger partial charge < -0.3 is 9.47 Å². The largest absolute Gasteiger partial charge is 0.497 e. The van der Waals surface area contributed by atoms with Crippen molar-refractivity contribution in [3.63, 3.8) is 0 Å². The Kier molecular flexibility index (Phi) is 4.14. The molecule has 4 nitrogen and oxygen atoms in total. The van der Waals surface area contributed by atoms with Crippen LogP contribution in [0.25, 0.3) is 0 Å². The van der Waals surface area contributed by atoms with E-state index in [2.05, 4.69) is 17.5 Å². The lowest BCUT2D eigenvalue weighted by atomic mass is 9.77. The molecule has 1 fully saturated rings. The van der Waals surface area contributed by atoms with Crippen LogP contribution >= 0.6 is 0 Å². The summed E-state index contributed by atoms with van der Waals surface area (Å²) in [5, 5.41) is 13.3. The molecule has 0 saturated carbocycles. The number of hydrogen-bond donors (Lipinski definition) is 1. The first-order valence-corrected chi connectivity index (χ1v) is 7.73. The molecule has 0 radical (unpaired) electrons. The third-order valence-electron chi connectivity index (χ3n) is 4.62. The third kappa shape index (κ3) is 2.76. The molecule has 1 aromatic carbocycles. The fourth-order valence-corrected chi connectivity index (χ4v) is 3.43. The summed E-state index contributed by atoms with van der Waals surface area (Å²) >= 11 is 0. The smallest absolute Gasteiger partial charge is 0.132 e. The molecule has 2 unspecified atom stereocenters. The van der Waals surface area contributed by atoms with E-state index < -0.39 is 5.54 Å². The van der Waals surface area contributed by atoms with Gasteiger partial charge in [-0.15, -0.1) is 0 Å². The molecule has 1 aromatic rings. The first kappa shape index (κ1) is 14.4. The molecule has 1 aliphatic heterocycles. The van der Waals surface area contributed by atoms with Gasteiger partial charge in [-0.25, -0.2) is 0 Å². The molecule has 2 atom stereocenters. The van der Waals surface area contributed by atoms with E-state index in [-0.39, 0.29) is 6.10 Å². The quantitative estimate of drug-likeness (QED) is 0.924. The Bertz CT molecular complexity index is 546. The number of methoxy groups -OCH3 is 1. The topological polar surface area (TPSA) is 54.3 Å². The minimum absolute atomic E-state index is 0.249. The van der Waals surface area contributed by atoms with Crippen molar-refractivity contribution in [1.29, 1.82) is 5.26 Å². The number of rotatable bonds is 4. The fourth-order valence-electron chi connectivity index (χ4n) is 3.43. The van der Waals surface area contributed by atoms with E-state index in [0.29, 0.717) is 0 Å². The van der Waals surface area contributed by atoms with Crippen molar-refractivity contribution in [2.45, 2.75) is 43.7 Å². The second-order valence-electron chi connectivity index (χ2n) is 5.91. The van der Waals surface area contributed by atoms with Crippen molar-refractivity contribution in [3.05, 3.63) is 29.3 Å². The molecular weight excluding hydrogens is 264 g/mol. The molecular formula is C17H22N2O2. The standard InChI is InChI=1S/C17H22N2O2/c1-20-14-6-7-16-13(10-14)4-2-8-17(16,12-18)19-11-15-5-3-9-21-15/h6-7,10,15,19H,2-5,8-9,11H2,1H3. The van der Waals surface area contributed by atoms with Crippen LogP contribution in [-0.4, -0.2) is 26.4 Å². The van der Waals surface area contributed by atoms with E-state index in [1.54, 1.807) is 7.11 Å². The van der Waals surface area contributed by atoms with Gasteiger partial charge >= 0.3 is 0 Å². The van der Waals surface area contributed by atoms with Crippen LogP contribution < -0.4 is 10.1 Å². The van der Waals surface area contributed by atoms with Crippen LogP contribution in [0.15, 0.2) is 18.2 Å². The maximum atomic E-state index is 9.80. The summed E-state index contributed by atoms with van der Waals surface area (Å²) < 4.78 is 11.0. The fraction of sp³-hybridized carbons (Fsp3) is 0.588. The number of aryl methyl sites for hydroxylation is 1. The predicted octanol–water partition coefficient (Wildman–Crippen LogP) is 2.52. The molecule has 1 aliphatic carbocycles. The van der Waals surface area contributed by atoms with Gasteiger partial charge in [-0.1, -0.05) is 6.07 Å². The molecule has 112 valence electrons. The van der Waals surface area contributed by atoms with Gasteiger partial charge in [-0.05, 0) is 55.4 Å². The Hall–Kier alpha value is -1.57. The van der Waals surface area contributed by atoms with Gasteiger partial charge in [-0.2, -0.15) is 5.26 Å². The highest BCUT2D eigenvalue weighted by atomic mass is 16.5. The Labute approximate surface area is 126 Å². The van der Waals surface area contributed by atoms with Crippen molar-refractivity contribution in [1.82, 2.24) is 5.32 Å². The van der Waals surface area contributed by atoms with Crippen LogP contribution in [0, 0.1) is 11.3 Å². The molecule has 0 aromatic heterocycles. The highest BCUT2D eigenvalue weighted by molar-refractivity contribution is 5.45. The lowest BCUT2D eigenvalue weighted by Crippen LogP contribution is -2.46. The van der Waals surface area contributed by atoms with Gasteiger partial charge in [0.1, 0.15) is 11.3 Å². The van der Waals surface area contributed by atoms with Gasteiger partial charge in [0.15, 0.2) is 0 Å². The minimum atomic E-state index is -0.578. The van der Waals surface area contributed by atoms with Crippen molar-refractivity contribution in [3.8, 4) is 11.8 Å². The summed E-state index contributed by atoms with van der Waals surface area (Å²) in [5.41, 5.74) is 1.75. The zero-order valence-corrected chi connectivity index (χ0v) is 12.5. The number of nitriles is 1. The number of benzene rings is 1. The number of nitrogens with one attached hydrogen (secondary N) is 1. The molecule has 0 amide bonds. The van der Waals surface area contributed by atoms with E-state index in [9.17, 15) is 5.26 Å². The van der Waals surface area contributed by atoms with Gasteiger partial charge in [0.05, 0.1) is 19.3 Å². The van der Waals surface area contributed by atoms with Crippen LogP contribution in [0.5, 0.6) is 5.75 Å². The highest BCUT2D eigenvalue weighted by Crippen LogP contribution is 2.36. The zero-order valence-electron chi connectivity index (χ0n) is 12.5. The normalized spacial score (nSPS) is 27.9. The van der Waals surface area contributed by atoms with E-state index in [0.717, 1.165) is 56.6 Å². The zero-order chi connectivity index (χ0) is 14.7. The van der Waals surface area contributed by atoms with E-state index in [1.807, 2.05) is 12.1 Å². The molecule has 0 bridgehead atoms. The summed E-state index contributed by atoms with van der Waals surface area (Å²) in [4.78, 5) is 0. The minimum Gasteiger partial charge on any atom is -0.497 e. The van der Waals surface area contributed by atoms with E-state index in [1.165, 1.54) is 5.56 Å². The summed E-state index contributed by atoms with van der Waals surface area (Å²) in [6, 6.07) is 8.58. The van der Waals surface area contributed by atoms with E-state index >= 15 is 0 Å². The predicted molar refractivity (Wildman–Crippen MR) is 80.2 cm³/mol. The highest BCUT2D eigenvalue weighted by Gasteiger charge is 2.37. The molecule has 4 heteroatoms. The lowest BCUT2D eigenvalue weighted by Gasteiger charge is -2.35. The Morgan fingerprint density at radius 2 is 2.38 bits per heavy atom. The second kappa shape index (κ2) is 6.05. The Balaban J connectivity index is 1.84. The van der Waals surface area contributed by atoms with Crippen LogP contribution in [-0.2, 0) is 16.7 Å². The lowest BCUT2D eigenvalue weighted by molar-refractivity contribution is 0.103. The molecule has 1 heterocycles. The summed E-state index contributed by atoms with van der Waals surface area (Å²) in [5.74, 6) is 0.863. The van der Waals surface area contributed by atoms with Crippen LogP contribution in [0.2, 0.25) is 0 Å². The van der Waals surface area contributed by atoms with Crippen LogP contribution in [0.4, 0.5) is 0 Å². The maximum Gasteiger partial charge on any atom is 0.132 e. The molecule has 1 N–H and O–H groups in total. The van der Waals surface area contributed by atoms with Gasteiger partial charge in [0, 0.05) is 13.2 Å². The molecule has 2 aliphatic rings. The Morgan fingerprint density at radius 1 is 1.48 bits per heavy atom. The summed E-state index contributed by atoms with van der Waals surface area (Å²) in [6.45, 7) is 1.60. The molecule has 1 saturated heterocycles. The van der Waals surface area contributed by atoms with Crippen molar-refractivity contribution in [2.24, 2.45) is 0 Å².